The number of rotatable bonds is 11. The van der Waals surface area contributed by atoms with Gasteiger partial charge in [-0.15, -0.1) is 6.58 Å². The number of amides is 2. The lowest BCUT2D eigenvalue weighted by Crippen LogP contribution is -2.44. The molecule has 0 aliphatic carbocycles. The van der Waals surface area contributed by atoms with Crippen molar-refractivity contribution >= 4 is 46.0 Å². The fourth-order valence-corrected chi connectivity index (χ4v) is 4.69. The van der Waals surface area contributed by atoms with Crippen LogP contribution >= 0.6 is 23.2 Å². The molecule has 42 heavy (non-hydrogen) atoms. The van der Waals surface area contributed by atoms with Crippen molar-refractivity contribution in [2.45, 2.75) is 13.1 Å². The van der Waals surface area contributed by atoms with Gasteiger partial charge in [0.1, 0.15) is 17.9 Å². The maximum absolute atomic E-state index is 13.7. The summed E-state index contributed by atoms with van der Waals surface area (Å²) in [6, 6.07) is 16.7. The molecule has 3 aromatic carbocycles. The Kier molecular flexibility index (Phi) is 9.00. The second-order valence-electron chi connectivity index (χ2n) is 9.47. The van der Waals surface area contributed by atoms with E-state index in [1.54, 1.807) is 48.5 Å². The van der Waals surface area contributed by atoms with Crippen molar-refractivity contribution in [3.05, 3.63) is 111 Å². The van der Waals surface area contributed by atoms with E-state index < -0.39 is 11.8 Å². The van der Waals surface area contributed by atoms with Crippen molar-refractivity contribution in [1.29, 1.82) is 0 Å². The molecule has 0 N–H and O–H groups in total. The lowest BCUT2D eigenvalue weighted by molar-refractivity contribution is -0.141. The van der Waals surface area contributed by atoms with E-state index >= 15 is 0 Å². The molecular formula is C31H26Cl2N2O7. The van der Waals surface area contributed by atoms with E-state index in [2.05, 4.69) is 6.58 Å². The molecule has 1 aromatic heterocycles. The van der Waals surface area contributed by atoms with Crippen LogP contribution in [0.15, 0.2) is 88.8 Å². The third kappa shape index (κ3) is 6.87. The minimum atomic E-state index is -0.416. The quantitative estimate of drug-likeness (QED) is 0.209. The summed E-state index contributed by atoms with van der Waals surface area (Å²) in [6.45, 7) is 3.42. The highest BCUT2D eigenvalue weighted by Gasteiger charge is 2.24. The average Bonchev–Trinajstić information content (AvgIpc) is 3.46. The van der Waals surface area contributed by atoms with Gasteiger partial charge in [-0.25, -0.2) is 0 Å². The predicted octanol–water partition coefficient (Wildman–Crippen LogP) is 5.45. The summed E-state index contributed by atoms with van der Waals surface area (Å²) in [5.74, 6) is 0.806. The Hall–Kier alpha value is -4.47. The number of hydrogen-bond donors (Lipinski definition) is 0. The summed E-state index contributed by atoms with van der Waals surface area (Å²) in [5, 5.41) is 1.23. The van der Waals surface area contributed by atoms with E-state index in [1.807, 2.05) is 6.07 Å². The van der Waals surface area contributed by atoms with Crippen molar-refractivity contribution in [2.75, 3.05) is 26.5 Å². The van der Waals surface area contributed by atoms with Crippen molar-refractivity contribution in [3.8, 4) is 17.2 Å². The Morgan fingerprint density at radius 1 is 0.905 bits per heavy atom. The number of carbonyl (C=O) groups excluding carboxylic acids is 2. The van der Waals surface area contributed by atoms with Crippen molar-refractivity contribution in [1.82, 2.24) is 9.80 Å². The molecule has 11 heteroatoms. The van der Waals surface area contributed by atoms with Crippen molar-refractivity contribution < 1.29 is 28.2 Å². The SMILES string of the molecule is C=CCN(CC(=O)N(Cc1ccc2c(c1)OCO2)Cc1coc2ccc(Cl)cc2c1=O)C(=O)COc1ccc(Cl)cc1. The van der Waals surface area contributed by atoms with Crippen LogP contribution in [-0.2, 0) is 22.7 Å². The maximum Gasteiger partial charge on any atom is 0.261 e. The molecular weight excluding hydrogens is 583 g/mol. The van der Waals surface area contributed by atoms with E-state index in [4.69, 9.17) is 41.8 Å². The predicted molar refractivity (Wildman–Crippen MR) is 158 cm³/mol. The third-order valence-corrected chi connectivity index (χ3v) is 7.02. The molecule has 216 valence electrons. The lowest BCUT2D eigenvalue weighted by atomic mass is 10.1. The largest absolute Gasteiger partial charge is 0.484 e. The molecule has 0 atom stereocenters. The molecule has 2 heterocycles. The molecule has 0 bridgehead atoms. The monoisotopic (exact) mass is 608 g/mol. The van der Waals surface area contributed by atoms with E-state index in [0.717, 1.165) is 5.56 Å². The fourth-order valence-electron chi connectivity index (χ4n) is 4.39. The van der Waals surface area contributed by atoms with Gasteiger partial charge in [0, 0.05) is 23.1 Å². The standard InChI is InChI=1S/C31H26Cl2N2O7/c1-2-11-34(30(37)18-39-24-7-4-22(32)5-8-24)16-29(36)35(14-20-3-9-27-28(12-20)42-19-41-27)15-21-17-40-26-10-6-23(33)13-25(26)31(21)38/h2-10,12-13,17H,1,11,14-16,18-19H2. The van der Waals surface area contributed by atoms with Gasteiger partial charge in [0.15, 0.2) is 23.5 Å². The Bertz CT molecular complexity index is 1690. The van der Waals surface area contributed by atoms with Gasteiger partial charge in [-0.1, -0.05) is 35.3 Å². The van der Waals surface area contributed by atoms with Crippen LogP contribution in [0.3, 0.4) is 0 Å². The molecule has 1 aliphatic rings. The summed E-state index contributed by atoms with van der Waals surface area (Å²) < 4.78 is 22.1. The molecule has 0 radical (unpaired) electrons. The minimum Gasteiger partial charge on any atom is -0.484 e. The first-order valence-corrected chi connectivity index (χ1v) is 13.7. The number of fused-ring (bicyclic) bond motifs is 2. The van der Waals surface area contributed by atoms with Crippen LogP contribution in [0.25, 0.3) is 11.0 Å². The lowest BCUT2D eigenvalue weighted by Gasteiger charge is -2.27. The second kappa shape index (κ2) is 13.0. The summed E-state index contributed by atoms with van der Waals surface area (Å²) in [4.78, 5) is 42.9. The van der Waals surface area contributed by atoms with Gasteiger partial charge in [0.05, 0.1) is 23.8 Å². The van der Waals surface area contributed by atoms with Gasteiger partial charge in [-0.2, -0.15) is 0 Å². The van der Waals surface area contributed by atoms with Gasteiger partial charge in [-0.3, -0.25) is 14.4 Å². The van der Waals surface area contributed by atoms with Gasteiger partial charge < -0.3 is 28.4 Å². The number of hydrogen-bond acceptors (Lipinski definition) is 7. The van der Waals surface area contributed by atoms with E-state index in [1.165, 1.54) is 28.2 Å². The maximum atomic E-state index is 13.7. The molecule has 0 spiro atoms. The highest BCUT2D eigenvalue weighted by molar-refractivity contribution is 6.31. The molecule has 4 aromatic rings. The van der Waals surface area contributed by atoms with Gasteiger partial charge >= 0.3 is 0 Å². The van der Waals surface area contributed by atoms with E-state index in [9.17, 15) is 14.4 Å². The van der Waals surface area contributed by atoms with Crippen molar-refractivity contribution in [3.63, 3.8) is 0 Å². The Labute approximate surface area is 251 Å². The highest BCUT2D eigenvalue weighted by Crippen LogP contribution is 2.33. The van der Waals surface area contributed by atoms with E-state index in [0.29, 0.717) is 38.3 Å². The number of nitrogens with zero attached hydrogens (tertiary/aromatic N) is 2. The third-order valence-electron chi connectivity index (χ3n) is 6.53. The van der Waals surface area contributed by atoms with Crippen LogP contribution in [0.4, 0.5) is 0 Å². The van der Waals surface area contributed by atoms with Crippen LogP contribution in [0, 0.1) is 0 Å². The molecule has 5 rings (SSSR count). The second-order valence-corrected chi connectivity index (χ2v) is 10.3. The first kappa shape index (κ1) is 29.0. The van der Waals surface area contributed by atoms with Gasteiger partial charge in [-0.05, 0) is 60.2 Å². The number of carbonyl (C=O) groups is 2. The van der Waals surface area contributed by atoms with Crippen LogP contribution in [0.1, 0.15) is 11.1 Å². The zero-order valence-electron chi connectivity index (χ0n) is 22.4. The van der Waals surface area contributed by atoms with Crippen LogP contribution < -0.4 is 19.6 Å². The summed E-state index contributed by atoms with van der Waals surface area (Å²) in [5.41, 5.74) is 1.07. The molecule has 0 saturated carbocycles. The zero-order valence-corrected chi connectivity index (χ0v) is 23.9. The summed E-state index contributed by atoms with van der Waals surface area (Å²) >= 11 is 12.0. The highest BCUT2D eigenvalue weighted by atomic mass is 35.5. The first-order valence-electron chi connectivity index (χ1n) is 12.9. The molecule has 0 fully saturated rings. The summed E-state index contributed by atoms with van der Waals surface area (Å²) in [6.07, 6.45) is 2.86. The van der Waals surface area contributed by atoms with Crippen LogP contribution in [0.2, 0.25) is 10.0 Å². The number of ether oxygens (including phenoxy) is 3. The summed E-state index contributed by atoms with van der Waals surface area (Å²) in [7, 11) is 0. The van der Waals surface area contributed by atoms with Gasteiger partial charge in [0.2, 0.25) is 12.7 Å². The topological polar surface area (TPSA) is 98.5 Å². The molecule has 0 unspecified atom stereocenters. The van der Waals surface area contributed by atoms with Crippen molar-refractivity contribution in [2.24, 2.45) is 0 Å². The number of benzene rings is 3. The molecule has 2 amide bonds. The van der Waals surface area contributed by atoms with Crippen LogP contribution in [0.5, 0.6) is 17.2 Å². The Balaban J connectivity index is 1.38. The minimum absolute atomic E-state index is 0.0740. The zero-order chi connectivity index (χ0) is 29.6. The smallest absolute Gasteiger partial charge is 0.261 e. The van der Waals surface area contributed by atoms with Crippen LogP contribution in [-0.4, -0.2) is 48.1 Å². The molecule has 9 nitrogen and oxygen atoms in total. The van der Waals surface area contributed by atoms with E-state index in [-0.39, 0.29) is 50.6 Å². The average molecular weight is 609 g/mol. The van der Waals surface area contributed by atoms with Gasteiger partial charge in [0.25, 0.3) is 5.91 Å². The normalized spacial score (nSPS) is 11.8. The number of halogens is 2. The first-order chi connectivity index (χ1) is 20.3. The molecule has 0 saturated heterocycles. The Morgan fingerprint density at radius 3 is 2.45 bits per heavy atom. The fraction of sp³-hybridized carbons (Fsp3) is 0.194. The Morgan fingerprint density at radius 2 is 1.67 bits per heavy atom. The molecule has 1 aliphatic heterocycles.